The molecule has 0 unspecified atom stereocenters. The highest BCUT2D eigenvalue weighted by atomic mass is 19.4. The minimum Gasteiger partial charge on any atom is -0.481 e. The van der Waals surface area contributed by atoms with Gasteiger partial charge >= 0.3 is 24.0 Å². The Morgan fingerprint density at radius 2 is 1.90 bits per heavy atom. The number of amides is 3. The maximum absolute atomic E-state index is 13.5. The molecule has 2 aromatic rings. The van der Waals surface area contributed by atoms with E-state index in [4.69, 9.17) is 5.11 Å². The Bertz CT molecular complexity index is 1510. The Kier molecular flexibility index (Phi) is 9.59. The summed E-state index contributed by atoms with van der Waals surface area (Å²) in [6, 6.07) is -2.81. The molecule has 0 saturated carbocycles. The second-order valence-corrected chi connectivity index (χ2v) is 9.42. The van der Waals surface area contributed by atoms with Gasteiger partial charge in [0, 0.05) is 17.9 Å². The number of nitrogens with zero attached hydrogens (tertiary/aromatic N) is 4. The summed E-state index contributed by atoms with van der Waals surface area (Å²) in [5.74, 6) is -6.64. The summed E-state index contributed by atoms with van der Waals surface area (Å²) in [5.41, 5.74) is -1.99. The zero-order chi connectivity index (χ0) is 31.4. The number of fused-ring (bicyclic) bond motifs is 1. The molecule has 226 valence electrons. The molecule has 2 heterocycles. The molecular formula is C24H26F3N7O8. The molecule has 4 N–H and O–H groups in total. The number of methoxy groups -OCH3 is 1. The Hall–Kier alpha value is -4.90. The number of alkyl halides is 3. The fraction of sp³-hybridized carbons (Fsp3) is 0.458. The van der Waals surface area contributed by atoms with Crippen molar-refractivity contribution in [1.82, 2.24) is 30.2 Å². The van der Waals surface area contributed by atoms with Crippen molar-refractivity contribution in [2.24, 2.45) is 5.92 Å². The number of aliphatic carboxylic acids is 1. The van der Waals surface area contributed by atoms with Crippen LogP contribution in [0.1, 0.15) is 38.8 Å². The number of esters is 1. The number of ether oxygens (including phenoxy) is 1. The summed E-state index contributed by atoms with van der Waals surface area (Å²) in [6.07, 6.45) is -4.14. The molecule has 15 nitrogen and oxygen atoms in total. The summed E-state index contributed by atoms with van der Waals surface area (Å²) in [7, 11) is 1.01. The van der Waals surface area contributed by atoms with Crippen LogP contribution in [0.4, 0.5) is 19.1 Å². The van der Waals surface area contributed by atoms with Gasteiger partial charge in [0.1, 0.15) is 6.04 Å². The number of carbonyl (C=O) groups excluding carboxylic acids is 4. The predicted octanol–water partition coefficient (Wildman–Crippen LogP) is 0.420. The molecule has 0 bridgehead atoms. The van der Waals surface area contributed by atoms with Crippen molar-refractivity contribution in [2.75, 3.05) is 12.4 Å². The molecule has 3 rings (SSSR count). The van der Waals surface area contributed by atoms with Crippen LogP contribution in [0.25, 0.3) is 11.2 Å². The summed E-state index contributed by atoms with van der Waals surface area (Å²) in [5, 5.41) is 13.5. The van der Waals surface area contributed by atoms with Crippen LogP contribution in [0.2, 0.25) is 0 Å². The number of carboxylic acids is 1. The fourth-order valence-electron chi connectivity index (χ4n) is 3.79. The van der Waals surface area contributed by atoms with E-state index in [2.05, 4.69) is 35.3 Å². The second kappa shape index (κ2) is 12.7. The molecule has 18 heteroatoms. The van der Waals surface area contributed by atoms with Gasteiger partial charge in [0.15, 0.2) is 11.2 Å². The van der Waals surface area contributed by atoms with Crippen molar-refractivity contribution in [2.45, 2.75) is 57.9 Å². The van der Waals surface area contributed by atoms with Crippen molar-refractivity contribution < 1.29 is 47.0 Å². The number of aromatic nitrogens is 4. The summed E-state index contributed by atoms with van der Waals surface area (Å²) >= 11 is 0. The quantitative estimate of drug-likeness (QED) is 0.261. The Morgan fingerprint density at radius 1 is 1.21 bits per heavy atom. The molecule has 1 aliphatic rings. The predicted molar refractivity (Wildman–Crippen MR) is 135 cm³/mol. The highest BCUT2D eigenvalue weighted by molar-refractivity contribution is 5.99. The lowest BCUT2D eigenvalue weighted by atomic mass is 9.89. The zero-order valence-electron chi connectivity index (χ0n) is 22.4. The number of hydrogen-bond acceptors (Lipinski definition) is 10. The third-order valence-electron chi connectivity index (χ3n) is 6.07. The van der Waals surface area contributed by atoms with E-state index in [1.165, 1.54) is 6.08 Å². The van der Waals surface area contributed by atoms with Gasteiger partial charge in [-0.1, -0.05) is 19.9 Å². The standard InChI is InChI=1S/C24H26F3N7O8/c1-10(2)18(37)32-23-31-17-16(20(39)33-23)29-11(8-28-17)9-34(22(41)24(25,26)27)14-6-4-12(14)19(38)30-13(21(40)42-3)5-7-15(35)36/h4,8,10,13-14H,5-7,9H2,1-3H3,(H,30,38)(H,35,36)(H2,28,31,32,33,37,39)/t13-,14+/m0/s1. The van der Waals surface area contributed by atoms with Gasteiger partial charge in [-0.15, -0.1) is 0 Å². The van der Waals surface area contributed by atoms with Crippen molar-refractivity contribution in [1.29, 1.82) is 0 Å². The molecular weight excluding hydrogens is 571 g/mol. The molecule has 0 spiro atoms. The topological polar surface area (TPSA) is 214 Å². The van der Waals surface area contributed by atoms with Gasteiger partial charge < -0.3 is 20.1 Å². The van der Waals surface area contributed by atoms with Gasteiger partial charge in [-0.05, 0) is 12.8 Å². The van der Waals surface area contributed by atoms with Gasteiger partial charge in [0.25, 0.3) is 5.56 Å². The Labute approximate surface area is 234 Å². The number of halogens is 3. The van der Waals surface area contributed by atoms with Gasteiger partial charge in [-0.2, -0.15) is 18.2 Å². The van der Waals surface area contributed by atoms with Crippen LogP contribution in [0.15, 0.2) is 22.6 Å². The lowest BCUT2D eigenvalue weighted by Crippen LogP contribution is -2.53. The van der Waals surface area contributed by atoms with Crippen LogP contribution in [0.3, 0.4) is 0 Å². The van der Waals surface area contributed by atoms with Crippen LogP contribution in [0, 0.1) is 5.92 Å². The molecule has 0 aromatic carbocycles. The zero-order valence-corrected chi connectivity index (χ0v) is 22.4. The number of rotatable bonds is 11. The average Bonchev–Trinajstić information content (AvgIpc) is 2.88. The lowest BCUT2D eigenvalue weighted by Gasteiger charge is -2.37. The molecule has 1 aliphatic carbocycles. The molecule has 2 atom stereocenters. The number of carbonyl (C=O) groups is 5. The highest BCUT2D eigenvalue weighted by Gasteiger charge is 2.47. The average molecular weight is 598 g/mol. The van der Waals surface area contributed by atoms with E-state index in [-0.39, 0.29) is 41.2 Å². The number of nitrogens with one attached hydrogen (secondary N) is 3. The summed E-state index contributed by atoms with van der Waals surface area (Å²) in [4.78, 5) is 87.1. The van der Waals surface area contributed by atoms with Crippen molar-refractivity contribution >= 4 is 46.8 Å². The van der Waals surface area contributed by atoms with Gasteiger partial charge in [0.05, 0.1) is 31.6 Å². The SMILES string of the molecule is COC(=O)[C@H](CCC(=O)O)NC(=O)C1=CC[C@H]1N(Cc1cnc2nc(NC(=O)C(C)C)[nH]c(=O)c2n1)C(=O)C(F)(F)F. The van der Waals surface area contributed by atoms with Crippen molar-refractivity contribution in [3.8, 4) is 0 Å². The van der Waals surface area contributed by atoms with E-state index in [1.54, 1.807) is 13.8 Å². The Balaban J connectivity index is 1.87. The number of carboxylic acid groups (broad SMARTS) is 1. The summed E-state index contributed by atoms with van der Waals surface area (Å²) < 4.78 is 45.2. The molecule has 0 radical (unpaired) electrons. The minimum absolute atomic E-state index is 0.162. The fourth-order valence-corrected chi connectivity index (χ4v) is 3.79. The minimum atomic E-state index is -5.35. The van der Waals surface area contributed by atoms with E-state index >= 15 is 0 Å². The van der Waals surface area contributed by atoms with E-state index in [1.807, 2.05) is 0 Å². The monoisotopic (exact) mass is 597 g/mol. The molecule has 0 aliphatic heterocycles. The maximum atomic E-state index is 13.5. The lowest BCUT2D eigenvalue weighted by molar-refractivity contribution is -0.188. The van der Waals surface area contributed by atoms with E-state index < -0.39 is 72.4 Å². The first kappa shape index (κ1) is 31.6. The normalized spacial score (nSPS) is 15.3. The van der Waals surface area contributed by atoms with Crippen molar-refractivity contribution in [3.05, 3.63) is 33.9 Å². The third kappa shape index (κ3) is 7.43. The molecule has 2 aromatic heterocycles. The van der Waals surface area contributed by atoms with Crippen LogP contribution < -0.4 is 16.2 Å². The highest BCUT2D eigenvalue weighted by Crippen LogP contribution is 2.31. The van der Waals surface area contributed by atoms with Crippen molar-refractivity contribution in [3.63, 3.8) is 0 Å². The van der Waals surface area contributed by atoms with Crippen LogP contribution in [0.5, 0.6) is 0 Å². The maximum Gasteiger partial charge on any atom is 0.471 e. The molecule has 3 amide bonds. The van der Waals surface area contributed by atoms with Gasteiger partial charge in [0.2, 0.25) is 17.8 Å². The Morgan fingerprint density at radius 3 is 2.45 bits per heavy atom. The van der Waals surface area contributed by atoms with Crippen LogP contribution >= 0.6 is 0 Å². The first-order chi connectivity index (χ1) is 19.6. The van der Waals surface area contributed by atoms with Gasteiger partial charge in [-0.25, -0.2) is 14.8 Å². The largest absolute Gasteiger partial charge is 0.481 e. The third-order valence-corrected chi connectivity index (χ3v) is 6.07. The smallest absolute Gasteiger partial charge is 0.471 e. The number of aromatic amines is 1. The number of H-pyrrole nitrogens is 1. The molecule has 42 heavy (non-hydrogen) atoms. The van der Waals surface area contributed by atoms with E-state index in [0.717, 1.165) is 13.3 Å². The first-order valence-electron chi connectivity index (χ1n) is 12.4. The first-order valence-corrected chi connectivity index (χ1v) is 12.4. The number of anilines is 1. The van der Waals surface area contributed by atoms with E-state index in [0.29, 0.717) is 4.90 Å². The second-order valence-electron chi connectivity index (χ2n) is 9.42. The van der Waals surface area contributed by atoms with Crippen LogP contribution in [-0.4, -0.2) is 85.0 Å². The number of hydrogen-bond donors (Lipinski definition) is 4. The van der Waals surface area contributed by atoms with E-state index in [9.17, 15) is 41.9 Å². The molecule has 0 fully saturated rings. The van der Waals surface area contributed by atoms with Gasteiger partial charge in [-0.3, -0.25) is 34.3 Å². The van der Waals surface area contributed by atoms with Crippen LogP contribution in [-0.2, 0) is 35.3 Å². The summed E-state index contributed by atoms with van der Waals surface area (Å²) in [6.45, 7) is 2.40. The molecule has 0 saturated heterocycles.